The number of hydrogen-bond acceptors (Lipinski definition) is 7. The van der Waals surface area contributed by atoms with E-state index < -0.39 is 0 Å². The Morgan fingerprint density at radius 1 is 0.960 bits per heavy atom. The SMILES string of the molecule is COc1ccc(NC2=CC(=O)c3nc(C)c(C)nc3C2=O)c(OC)c1. The zero-order valence-electron chi connectivity index (χ0n) is 14.3. The predicted octanol–water partition coefficient (Wildman–Crippen LogP) is 2.49. The first-order chi connectivity index (χ1) is 11.9. The van der Waals surface area contributed by atoms with Crippen molar-refractivity contribution in [2.45, 2.75) is 13.8 Å². The van der Waals surface area contributed by atoms with Crippen molar-refractivity contribution in [1.82, 2.24) is 9.97 Å². The van der Waals surface area contributed by atoms with Gasteiger partial charge in [-0.1, -0.05) is 0 Å². The Hall–Kier alpha value is -3.22. The molecule has 0 saturated carbocycles. The van der Waals surface area contributed by atoms with Crippen LogP contribution in [-0.2, 0) is 0 Å². The van der Waals surface area contributed by atoms with Gasteiger partial charge in [-0.15, -0.1) is 0 Å². The fourth-order valence-electron chi connectivity index (χ4n) is 2.47. The molecule has 0 amide bonds. The topological polar surface area (TPSA) is 90.4 Å². The Morgan fingerprint density at radius 3 is 2.28 bits per heavy atom. The quantitative estimate of drug-likeness (QED) is 0.915. The highest BCUT2D eigenvalue weighted by molar-refractivity contribution is 6.23. The number of nitrogens with one attached hydrogen (secondary N) is 1. The minimum absolute atomic E-state index is 0.0607. The molecule has 1 heterocycles. The summed E-state index contributed by atoms with van der Waals surface area (Å²) >= 11 is 0. The number of allylic oxidation sites excluding steroid dienone is 2. The van der Waals surface area contributed by atoms with Crippen molar-refractivity contribution in [2.75, 3.05) is 19.5 Å². The number of aromatic nitrogens is 2. The molecule has 0 atom stereocenters. The van der Waals surface area contributed by atoms with E-state index in [0.717, 1.165) is 0 Å². The number of ether oxygens (including phenoxy) is 2. The lowest BCUT2D eigenvalue weighted by Crippen LogP contribution is -2.25. The van der Waals surface area contributed by atoms with Gasteiger partial charge in [-0.05, 0) is 26.0 Å². The molecular weight excluding hydrogens is 322 g/mol. The van der Waals surface area contributed by atoms with E-state index >= 15 is 0 Å². The summed E-state index contributed by atoms with van der Waals surface area (Å²) in [5.41, 5.74) is 2.05. The van der Waals surface area contributed by atoms with Crippen molar-refractivity contribution in [1.29, 1.82) is 0 Å². The molecule has 1 aliphatic rings. The maximum absolute atomic E-state index is 12.7. The van der Waals surface area contributed by atoms with Gasteiger partial charge in [0.15, 0.2) is 0 Å². The van der Waals surface area contributed by atoms with E-state index in [1.807, 2.05) is 0 Å². The zero-order chi connectivity index (χ0) is 18.1. The molecule has 0 spiro atoms. The lowest BCUT2D eigenvalue weighted by molar-refractivity contribution is 0.0977. The summed E-state index contributed by atoms with van der Waals surface area (Å²) in [6.07, 6.45) is 1.23. The Balaban J connectivity index is 1.98. The third kappa shape index (κ3) is 2.96. The molecule has 0 fully saturated rings. The number of hydrogen-bond donors (Lipinski definition) is 1. The first-order valence-corrected chi connectivity index (χ1v) is 7.59. The van der Waals surface area contributed by atoms with Gasteiger partial charge in [0.05, 0.1) is 37.0 Å². The average molecular weight is 339 g/mol. The highest BCUT2D eigenvalue weighted by Crippen LogP contribution is 2.31. The zero-order valence-corrected chi connectivity index (χ0v) is 14.3. The Bertz CT molecular complexity index is 919. The molecule has 1 aromatic carbocycles. The molecule has 7 nitrogen and oxygen atoms in total. The van der Waals surface area contributed by atoms with Gasteiger partial charge in [0.25, 0.3) is 0 Å². The highest BCUT2D eigenvalue weighted by Gasteiger charge is 2.29. The minimum atomic E-state index is -0.386. The molecule has 0 bridgehead atoms. The summed E-state index contributed by atoms with van der Waals surface area (Å²) in [4.78, 5) is 33.5. The summed E-state index contributed by atoms with van der Waals surface area (Å²) in [7, 11) is 3.06. The van der Waals surface area contributed by atoms with Crippen LogP contribution >= 0.6 is 0 Å². The summed E-state index contributed by atoms with van der Waals surface area (Å²) in [6, 6.07) is 5.11. The van der Waals surface area contributed by atoms with Gasteiger partial charge in [0.1, 0.15) is 22.9 Å². The molecular formula is C18H17N3O4. The highest BCUT2D eigenvalue weighted by atomic mass is 16.5. The number of carbonyl (C=O) groups is 2. The maximum Gasteiger partial charge on any atom is 0.230 e. The molecule has 7 heteroatoms. The van der Waals surface area contributed by atoms with Crippen molar-refractivity contribution < 1.29 is 19.1 Å². The molecule has 0 aliphatic heterocycles. The molecule has 1 aromatic heterocycles. The fourth-order valence-corrected chi connectivity index (χ4v) is 2.47. The van der Waals surface area contributed by atoms with E-state index in [1.165, 1.54) is 13.2 Å². The Morgan fingerprint density at radius 2 is 1.64 bits per heavy atom. The normalized spacial score (nSPS) is 13.2. The second kappa shape index (κ2) is 6.35. The molecule has 3 rings (SSSR count). The van der Waals surface area contributed by atoms with Gasteiger partial charge < -0.3 is 14.8 Å². The van der Waals surface area contributed by atoms with Crippen LogP contribution in [0.25, 0.3) is 0 Å². The fraction of sp³-hybridized carbons (Fsp3) is 0.222. The van der Waals surface area contributed by atoms with Crippen LogP contribution in [-0.4, -0.2) is 35.8 Å². The summed E-state index contributed by atoms with van der Waals surface area (Å²) in [5.74, 6) is 0.352. The molecule has 25 heavy (non-hydrogen) atoms. The van der Waals surface area contributed by atoms with Crippen LogP contribution in [0.3, 0.4) is 0 Å². The van der Waals surface area contributed by atoms with E-state index in [1.54, 1.807) is 39.2 Å². The maximum atomic E-state index is 12.7. The number of anilines is 1. The van der Waals surface area contributed by atoms with Crippen molar-refractivity contribution in [3.63, 3.8) is 0 Å². The first kappa shape index (κ1) is 16.6. The molecule has 0 radical (unpaired) electrons. The third-order valence-electron chi connectivity index (χ3n) is 3.95. The second-order valence-corrected chi connectivity index (χ2v) is 5.53. The molecule has 1 aliphatic carbocycles. The average Bonchev–Trinajstić information content (AvgIpc) is 2.61. The number of fused-ring (bicyclic) bond motifs is 1. The molecule has 1 N–H and O–H groups in total. The monoisotopic (exact) mass is 339 g/mol. The molecule has 0 saturated heterocycles. The van der Waals surface area contributed by atoms with Gasteiger partial charge >= 0.3 is 0 Å². The number of ketones is 2. The number of nitrogens with zero attached hydrogens (tertiary/aromatic N) is 2. The van der Waals surface area contributed by atoms with Crippen LogP contribution in [0.2, 0.25) is 0 Å². The van der Waals surface area contributed by atoms with Crippen molar-refractivity contribution >= 4 is 17.3 Å². The van der Waals surface area contributed by atoms with E-state index in [9.17, 15) is 9.59 Å². The predicted molar refractivity (Wildman–Crippen MR) is 91.4 cm³/mol. The van der Waals surface area contributed by atoms with Crippen LogP contribution in [0, 0.1) is 13.8 Å². The molecule has 128 valence electrons. The van der Waals surface area contributed by atoms with Gasteiger partial charge in [-0.2, -0.15) is 0 Å². The van der Waals surface area contributed by atoms with Gasteiger partial charge in [0.2, 0.25) is 11.6 Å². The minimum Gasteiger partial charge on any atom is -0.497 e. The van der Waals surface area contributed by atoms with Gasteiger partial charge in [0, 0.05) is 12.1 Å². The first-order valence-electron chi connectivity index (χ1n) is 7.59. The third-order valence-corrected chi connectivity index (χ3v) is 3.95. The van der Waals surface area contributed by atoms with Crippen LogP contribution < -0.4 is 14.8 Å². The summed E-state index contributed by atoms with van der Waals surface area (Å²) in [5, 5.41) is 2.95. The molecule has 2 aromatic rings. The number of carbonyl (C=O) groups excluding carboxylic acids is 2. The second-order valence-electron chi connectivity index (χ2n) is 5.53. The van der Waals surface area contributed by atoms with Crippen molar-refractivity contribution in [3.8, 4) is 11.5 Å². The largest absolute Gasteiger partial charge is 0.497 e. The van der Waals surface area contributed by atoms with E-state index in [0.29, 0.717) is 28.6 Å². The number of methoxy groups -OCH3 is 2. The standard InChI is InChI=1S/C18H17N3O4/c1-9-10(2)20-17-16(19-9)14(22)8-13(18(17)23)21-12-6-5-11(24-3)7-15(12)25-4/h5-8,21H,1-4H3. The lowest BCUT2D eigenvalue weighted by Gasteiger charge is -2.18. The molecule has 0 unspecified atom stereocenters. The van der Waals surface area contributed by atoms with E-state index in [2.05, 4.69) is 15.3 Å². The number of Topliss-reactive ketones (excluding diaryl/α,β-unsaturated/α-hetero) is 1. The number of benzene rings is 1. The summed E-state index contributed by atoms with van der Waals surface area (Å²) in [6.45, 7) is 3.50. The van der Waals surface area contributed by atoms with Crippen LogP contribution in [0.15, 0.2) is 30.0 Å². The Kier molecular flexibility index (Phi) is 4.22. The van der Waals surface area contributed by atoms with Crippen molar-refractivity contribution in [3.05, 3.63) is 52.7 Å². The van der Waals surface area contributed by atoms with E-state index in [4.69, 9.17) is 9.47 Å². The number of aryl methyl sites for hydroxylation is 2. The number of rotatable bonds is 4. The Labute approximate surface area is 144 Å². The van der Waals surface area contributed by atoms with E-state index in [-0.39, 0.29) is 28.7 Å². The van der Waals surface area contributed by atoms with Gasteiger partial charge in [-0.3, -0.25) is 9.59 Å². The smallest absolute Gasteiger partial charge is 0.230 e. The van der Waals surface area contributed by atoms with Gasteiger partial charge in [-0.25, -0.2) is 9.97 Å². The lowest BCUT2D eigenvalue weighted by atomic mass is 10.0. The van der Waals surface area contributed by atoms with Crippen LogP contribution in [0.5, 0.6) is 11.5 Å². The summed E-state index contributed by atoms with van der Waals surface area (Å²) < 4.78 is 10.5. The van der Waals surface area contributed by atoms with Crippen LogP contribution in [0.1, 0.15) is 32.4 Å². The van der Waals surface area contributed by atoms with Crippen molar-refractivity contribution in [2.24, 2.45) is 0 Å². The van der Waals surface area contributed by atoms with Crippen LogP contribution in [0.4, 0.5) is 5.69 Å².